The number of amides is 2. The molecule has 2 fully saturated rings. The number of nitrogens with one attached hydrogen (secondary N) is 1. The van der Waals surface area contributed by atoms with Crippen LogP contribution in [0.15, 0.2) is 0 Å². The first-order valence-corrected chi connectivity index (χ1v) is 7.70. The van der Waals surface area contributed by atoms with Gasteiger partial charge in [0.05, 0.1) is 6.04 Å². The van der Waals surface area contributed by atoms with Crippen LogP contribution < -0.4 is 11.1 Å². The second-order valence-electron chi connectivity index (χ2n) is 5.07. The minimum Gasteiger partial charge on any atom is -0.370 e. The molecule has 2 aliphatic rings. The van der Waals surface area contributed by atoms with Crippen LogP contribution in [-0.2, 0) is 9.59 Å². The van der Waals surface area contributed by atoms with E-state index in [0.717, 1.165) is 44.0 Å². The van der Waals surface area contributed by atoms with E-state index < -0.39 is 0 Å². The van der Waals surface area contributed by atoms with Crippen molar-refractivity contribution in [2.24, 2.45) is 11.7 Å². The number of nitrogens with two attached hydrogens (primary N) is 1. The lowest BCUT2D eigenvalue weighted by Gasteiger charge is -2.34. The molecule has 2 heterocycles. The summed E-state index contributed by atoms with van der Waals surface area (Å²) in [6, 6.07) is -0.00936. The molecule has 3 N–H and O–H groups in total. The van der Waals surface area contributed by atoms with Crippen LogP contribution >= 0.6 is 11.8 Å². The Hall–Kier alpha value is -0.750. The van der Waals surface area contributed by atoms with Crippen molar-refractivity contribution in [1.29, 1.82) is 0 Å². The van der Waals surface area contributed by atoms with Crippen LogP contribution in [0, 0.1) is 5.92 Å². The summed E-state index contributed by atoms with van der Waals surface area (Å²) in [5, 5.41) is 3.22. The van der Waals surface area contributed by atoms with Gasteiger partial charge in [-0.05, 0) is 25.2 Å². The van der Waals surface area contributed by atoms with Crippen molar-refractivity contribution in [2.45, 2.75) is 31.7 Å². The fourth-order valence-electron chi connectivity index (χ4n) is 2.62. The SMILES string of the molecule is NC(=O)CC[C@@H]1CCCN(C(=O)[C@@H]2CSCN2)C1. The molecule has 0 aromatic carbocycles. The van der Waals surface area contributed by atoms with Crippen molar-refractivity contribution >= 4 is 23.6 Å². The molecule has 0 radical (unpaired) electrons. The number of likely N-dealkylation sites (tertiary alicyclic amines) is 1. The van der Waals surface area contributed by atoms with E-state index in [2.05, 4.69) is 5.32 Å². The normalized spacial score (nSPS) is 28.3. The van der Waals surface area contributed by atoms with Crippen molar-refractivity contribution in [3.63, 3.8) is 0 Å². The first kappa shape index (κ1) is 13.7. The predicted octanol–water partition coefficient (Wildman–Crippen LogP) is 0.153. The van der Waals surface area contributed by atoms with Gasteiger partial charge in [-0.1, -0.05) is 0 Å². The van der Waals surface area contributed by atoms with Gasteiger partial charge in [0.25, 0.3) is 0 Å². The Morgan fingerprint density at radius 1 is 1.44 bits per heavy atom. The zero-order valence-corrected chi connectivity index (χ0v) is 11.4. The Bertz CT molecular complexity index is 318. The van der Waals surface area contributed by atoms with Gasteiger partial charge < -0.3 is 10.6 Å². The molecule has 2 atom stereocenters. The maximum atomic E-state index is 12.2. The van der Waals surface area contributed by atoms with E-state index in [4.69, 9.17) is 5.73 Å². The van der Waals surface area contributed by atoms with Gasteiger partial charge in [0, 0.05) is 31.1 Å². The highest BCUT2D eigenvalue weighted by Crippen LogP contribution is 2.22. The molecule has 2 aliphatic heterocycles. The fraction of sp³-hybridized carbons (Fsp3) is 0.833. The molecular formula is C12H21N3O2S. The summed E-state index contributed by atoms with van der Waals surface area (Å²) in [7, 11) is 0. The first-order valence-electron chi connectivity index (χ1n) is 6.55. The van der Waals surface area contributed by atoms with Crippen molar-refractivity contribution in [3.05, 3.63) is 0 Å². The first-order chi connectivity index (χ1) is 8.66. The molecule has 102 valence electrons. The third-order valence-electron chi connectivity index (χ3n) is 3.64. The van der Waals surface area contributed by atoms with E-state index >= 15 is 0 Å². The number of rotatable bonds is 4. The van der Waals surface area contributed by atoms with Crippen molar-refractivity contribution in [2.75, 3.05) is 24.7 Å². The van der Waals surface area contributed by atoms with Gasteiger partial charge >= 0.3 is 0 Å². The number of thioether (sulfide) groups is 1. The molecule has 0 aromatic rings. The topological polar surface area (TPSA) is 75.4 Å². The second kappa shape index (κ2) is 6.43. The van der Waals surface area contributed by atoms with E-state index in [-0.39, 0.29) is 17.9 Å². The van der Waals surface area contributed by atoms with Gasteiger partial charge in [0.1, 0.15) is 0 Å². The molecule has 2 rings (SSSR count). The highest BCUT2D eigenvalue weighted by molar-refractivity contribution is 7.99. The zero-order chi connectivity index (χ0) is 13.0. The van der Waals surface area contributed by atoms with Gasteiger partial charge in [-0.15, -0.1) is 11.8 Å². The zero-order valence-electron chi connectivity index (χ0n) is 10.6. The number of carbonyl (C=O) groups is 2. The van der Waals surface area contributed by atoms with E-state index in [9.17, 15) is 9.59 Å². The van der Waals surface area contributed by atoms with Crippen molar-refractivity contribution in [1.82, 2.24) is 10.2 Å². The minimum absolute atomic E-state index is 0.00936. The second-order valence-corrected chi connectivity index (χ2v) is 6.10. The quantitative estimate of drug-likeness (QED) is 0.763. The number of carbonyl (C=O) groups excluding carboxylic acids is 2. The summed E-state index contributed by atoms with van der Waals surface area (Å²) in [4.78, 5) is 25.0. The molecule has 0 aromatic heterocycles. The Labute approximate surface area is 112 Å². The van der Waals surface area contributed by atoms with Crippen LogP contribution in [-0.4, -0.2) is 47.5 Å². The molecule has 0 bridgehead atoms. The fourth-order valence-corrected chi connectivity index (χ4v) is 3.55. The summed E-state index contributed by atoms with van der Waals surface area (Å²) in [5.41, 5.74) is 5.17. The number of nitrogens with zero attached hydrogens (tertiary/aromatic N) is 1. The van der Waals surface area contributed by atoms with Crippen LogP contribution in [0.3, 0.4) is 0 Å². The van der Waals surface area contributed by atoms with Gasteiger partial charge in [0.15, 0.2) is 0 Å². The molecular weight excluding hydrogens is 250 g/mol. The van der Waals surface area contributed by atoms with Crippen LogP contribution in [0.1, 0.15) is 25.7 Å². The number of piperidine rings is 1. The highest BCUT2D eigenvalue weighted by atomic mass is 32.2. The van der Waals surface area contributed by atoms with Gasteiger partial charge in [0.2, 0.25) is 11.8 Å². The molecule has 0 aliphatic carbocycles. The molecule has 6 heteroatoms. The van der Waals surface area contributed by atoms with Crippen LogP contribution in [0.25, 0.3) is 0 Å². The Kier molecular flexibility index (Phi) is 4.88. The Morgan fingerprint density at radius 2 is 2.28 bits per heavy atom. The Balaban J connectivity index is 1.81. The number of primary amides is 1. The molecule has 2 amide bonds. The summed E-state index contributed by atoms with van der Waals surface area (Å²) < 4.78 is 0. The summed E-state index contributed by atoms with van der Waals surface area (Å²) in [6.45, 7) is 1.64. The molecule has 0 unspecified atom stereocenters. The van der Waals surface area contributed by atoms with Crippen molar-refractivity contribution < 1.29 is 9.59 Å². The molecule has 0 spiro atoms. The predicted molar refractivity (Wildman–Crippen MR) is 72.0 cm³/mol. The maximum Gasteiger partial charge on any atom is 0.240 e. The highest BCUT2D eigenvalue weighted by Gasteiger charge is 2.30. The number of hydrogen-bond donors (Lipinski definition) is 2. The van der Waals surface area contributed by atoms with Crippen molar-refractivity contribution in [3.8, 4) is 0 Å². The molecule has 18 heavy (non-hydrogen) atoms. The van der Waals surface area contributed by atoms with E-state index in [0.29, 0.717) is 12.3 Å². The standard InChI is InChI=1S/C12H21N3O2S/c13-11(16)4-3-9-2-1-5-15(6-9)12(17)10-7-18-8-14-10/h9-10,14H,1-8H2,(H2,13,16)/t9-,10-/m0/s1. The summed E-state index contributed by atoms with van der Waals surface area (Å²) in [5.74, 6) is 2.16. The van der Waals surface area contributed by atoms with Crippen LogP contribution in [0.5, 0.6) is 0 Å². The Morgan fingerprint density at radius 3 is 2.94 bits per heavy atom. The minimum atomic E-state index is -0.243. The van der Waals surface area contributed by atoms with Gasteiger partial charge in [-0.2, -0.15) is 0 Å². The largest absolute Gasteiger partial charge is 0.370 e. The molecule has 2 saturated heterocycles. The monoisotopic (exact) mass is 271 g/mol. The lowest BCUT2D eigenvalue weighted by Crippen LogP contribution is -2.48. The van der Waals surface area contributed by atoms with E-state index in [1.165, 1.54) is 0 Å². The third kappa shape index (κ3) is 3.62. The lowest BCUT2D eigenvalue weighted by atomic mass is 9.93. The number of hydrogen-bond acceptors (Lipinski definition) is 4. The summed E-state index contributed by atoms with van der Waals surface area (Å²) >= 11 is 1.77. The van der Waals surface area contributed by atoms with Crippen LogP contribution in [0.2, 0.25) is 0 Å². The molecule has 5 nitrogen and oxygen atoms in total. The maximum absolute atomic E-state index is 12.2. The van der Waals surface area contributed by atoms with Gasteiger partial charge in [-0.25, -0.2) is 0 Å². The average molecular weight is 271 g/mol. The molecule has 0 saturated carbocycles. The van der Waals surface area contributed by atoms with E-state index in [1.54, 1.807) is 11.8 Å². The summed E-state index contributed by atoms with van der Waals surface area (Å²) in [6.07, 6.45) is 3.38. The van der Waals surface area contributed by atoms with E-state index in [1.807, 2.05) is 4.90 Å². The lowest BCUT2D eigenvalue weighted by molar-refractivity contribution is -0.134. The average Bonchev–Trinajstić information content (AvgIpc) is 2.89. The van der Waals surface area contributed by atoms with Gasteiger partial charge in [-0.3, -0.25) is 14.9 Å². The third-order valence-corrected chi connectivity index (χ3v) is 4.58. The smallest absolute Gasteiger partial charge is 0.240 e. The van der Waals surface area contributed by atoms with Crippen LogP contribution in [0.4, 0.5) is 0 Å².